The van der Waals surface area contributed by atoms with Gasteiger partial charge in [0.1, 0.15) is 0 Å². The van der Waals surface area contributed by atoms with Crippen LogP contribution in [-0.4, -0.2) is 24.1 Å². The van der Waals surface area contributed by atoms with Crippen LogP contribution < -0.4 is 10.6 Å². The molecule has 1 fully saturated rings. The SMILES string of the molecule is NC1CCN(c2c(Cl)cc([N+](=O)[O-])cc2Cl)CC1. The summed E-state index contributed by atoms with van der Waals surface area (Å²) in [4.78, 5) is 12.2. The Labute approximate surface area is 115 Å². The van der Waals surface area contributed by atoms with Crippen molar-refractivity contribution in [3.8, 4) is 0 Å². The summed E-state index contributed by atoms with van der Waals surface area (Å²) in [5.41, 5.74) is 6.40. The second-order valence-corrected chi connectivity index (χ2v) is 5.15. The molecule has 2 rings (SSSR count). The first kappa shape index (κ1) is 13.4. The van der Waals surface area contributed by atoms with E-state index < -0.39 is 4.92 Å². The summed E-state index contributed by atoms with van der Waals surface area (Å²) in [5.74, 6) is 0. The van der Waals surface area contributed by atoms with Gasteiger partial charge in [0, 0.05) is 31.3 Å². The van der Waals surface area contributed by atoms with Crippen molar-refractivity contribution >= 4 is 34.6 Å². The second-order valence-electron chi connectivity index (χ2n) is 4.34. The van der Waals surface area contributed by atoms with E-state index in [1.807, 2.05) is 4.90 Å². The molecule has 0 aliphatic carbocycles. The molecule has 1 aliphatic heterocycles. The van der Waals surface area contributed by atoms with Crippen LogP contribution in [0.5, 0.6) is 0 Å². The Hall–Kier alpha value is -1.04. The molecule has 0 saturated carbocycles. The van der Waals surface area contributed by atoms with Crippen molar-refractivity contribution in [2.75, 3.05) is 18.0 Å². The number of non-ortho nitro benzene ring substituents is 1. The topological polar surface area (TPSA) is 72.4 Å². The van der Waals surface area contributed by atoms with Crippen molar-refractivity contribution in [1.82, 2.24) is 0 Å². The van der Waals surface area contributed by atoms with Crippen molar-refractivity contribution in [3.05, 3.63) is 32.3 Å². The number of nitro benzene ring substituents is 1. The number of piperidine rings is 1. The van der Waals surface area contributed by atoms with Gasteiger partial charge in [-0.1, -0.05) is 23.2 Å². The second kappa shape index (κ2) is 5.30. The molecule has 0 amide bonds. The largest absolute Gasteiger partial charge is 0.369 e. The average Bonchev–Trinajstić information content (AvgIpc) is 2.30. The van der Waals surface area contributed by atoms with Crippen LogP contribution in [0.25, 0.3) is 0 Å². The number of rotatable bonds is 2. The molecular formula is C11H13Cl2N3O2. The van der Waals surface area contributed by atoms with Crippen molar-refractivity contribution in [1.29, 1.82) is 0 Å². The maximum Gasteiger partial charge on any atom is 0.272 e. The zero-order valence-corrected chi connectivity index (χ0v) is 11.1. The average molecular weight is 290 g/mol. The number of halogens is 2. The van der Waals surface area contributed by atoms with Gasteiger partial charge in [-0.15, -0.1) is 0 Å². The lowest BCUT2D eigenvalue weighted by molar-refractivity contribution is -0.384. The maximum atomic E-state index is 10.7. The van der Waals surface area contributed by atoms with E-state index in [-0.39, 0.29) is 11.7 Å². The quantitative estimate of drug-likeness (QED) is 0.671. The van der Waals surface area contributed by atoms with Crippen molar-refractivity contribution < 1.29 is 4.92 Å². The summed E-state index contributed by atoms with van der Waals surface area (Å²) in [6.07, 6.45) is 1.73. The molecule has 1 aliphatic rings. The number of benzene rings is 1. The molecule has 0 radical (unpaired) electrons. The highest BCUT2D eigenvalue weighted by atomic mass is 35.5. The zero-order valence-electron chi connectivity index (χ0n) is 9.60. The summed E-state index contributed by atoms with van der Waals surface area (Å²) in [7, 11) is 0. The molecule has 98 valence electrons. The fraction of sp³-hybridized carbons (Fsp3) is 0.455. The highest BCUT2D eigenvalue weighted by Gasteiger charge is 2.22. The van der Waals surface area contributed by atoms with Crippen LogP contribution in [-0.2, 0) is 0 Å². The summed E-state index contributed by atoms with van der Waals surface area (Å²) in [6, 6.07) is 2.87. The van der Waals surface area contributed by atoms with E-state index in [0.717, 1.165) is 25.9 Å². The predicted octanol–water partition coefficient (Wildman–Crippen LogP) is 2.83. The van der Waals surface area contributed by atoms with Crippen LogP contribution in [0, 0.1) is 10.1 Å². The third-order valence-corrected chi connectivity index (χ3v) is 3.64. The first-order valence-corrected chi connectivity index (χ1v) is 6.38. The van der Waals surface area contributed by atoms with Crippen LogP contribution >= 0.6 is 23.2 Å². The Morgan fingerprint density at radius 3 is 2.22 bits per heavy atom. The lowest BCUT2D eigenvalue weighted by Crippen LogP contribution is -2.39. The summed E-state index contributed by atoms with van der Waals surface area (Å²) >= 11 is 12.2. The van der Waals surface area contributed by atoms with Gasteiger partial charge in [0.25, 0.3) is 5.69 Å². The number of anilines is 1. The van der Waals surface area contributed by atoms with Gasteiger partial charge in [-0.05, 0) is 12.8 Å². The van der Waals surface area contributed by atoms with Crippen molar-refractivity contribution in [2.45, 2.75) is 18.9 Å². The van der Waals surface area contributed by atoms with E-state index in [0.29, 0.717) is 15.7 Å². The van der Waals surface area contributed by atoms with Gasteiger partial charge in [0.2, 0.25) is 0 Å². The Kier molecular flexibility index (Phi) is 3.94. The molecule has 0 bridgehead atoms. The molecule has 0 unspecified atom stereocenters. The van der Waals surface area contributed by atoms with Gasteiger partial charge in [-0.25, -0.2) is 0 Å². The molecule has 0 atom stereocenters. The van der Waals surface area contributed by atoms with E-state index in [9.17, 15) is 10.1 Å². The molecular weight excluding hydrogens is 277 g/mol. The van der Waals surface area contributed by atoms with E-state index >= 15 is 0 Å². The van der Waals surface area contributed by atoms with Gasteiger partial charge < -0.3 is 10.6 Å². The number of hydrogen-bond donors (Lipinski definition) is 1. The van der Waals surface area contributed by atoms with E-state index in [4.69, 9.17) is 28.9 Å². The Morgan fingerprint density at radius 2 is 1.78 bits per heavy atom. The minimum atomic E-state index is -0.506. The minimum Gasteiger partial charge on any atom is -0.369 e. The van der Waals surface area contributed by atoms with Crippen LogP contribution in [0.15, 0.2) is 12.1 Å². The summed E-state index contributed by atoms with van der Waals surface area (Å²) < 4.78 is 0. The van der Waals surface area contributed by atoms with Gasteiger partial charge >= 0.3 is 0 Å². The first-order chi connectivity index (χ1) is 8.49. The number of nitrogens with two attached hydrogens (primary N) is 1. The third-order valence-electron chi connectivity index (χ3n) is 3.07. The van der Waals surface area contributed by atoms with Crippen LogP contribution in [0.3, 0.4) is 0 Å². The highest BCUT2D eigenvalue weighted by molar-refractivity contribution is 6.39. The lowest BCUT2D eigenvalue weighted by atomic mass is 10.1. The number of nitrogens with zero attached hydrogens (tertiary/aromatic N) is 2. The first-order valence-electron chi connectivity index (χ1n) is 5.63. The van der Waals surface area contributed by atoms with Crippen LogP contribution in [0.1, 0.15) is 12.8 Å². The third kappa shape index (κ3) is 2.68. The Balaban J connectivity index is 2.31. The Morgan fingerprint density at radius 1 is 1.28 bits per heavy atom. The Bertz CT molecular complexity index is 450. The zero-order chi connectivity index (χ0) is 13.3. The lowest BCUT2D eigenvalue weighted by Gasteiger charge is -2.33. The smallest absolute Gasteiger partial charge is 0.272 e. The summed E-state index contributed by atoms with van der Waals surface area (Å²) in [5, 5.41) is 11.3. The molecule has 1 aromatic carbocycles. The van der Waals surface area contributed by atoms with E-state index in [2.05, 4.69) is 0 Å². The molecule has 2 N–H and O–H groups in total. The molecule has 18 heavy (non-hydrogen) atoms. The van der Waals surface area contributed by atoms with Gasteiger partial charge in [0.15, 0.2) is 0 Å². The maximum absolute atomic E-state index is 10.7. The predicted molar refractivity (Wildman–Crippen MR) is 72.5 cm³/mol. The highest BCUT2D eigenvalue weighted by Crippen LogP contribution is 2.38. The summed E-state index contributed by atoms with van der Waals surface area (Å²) in [6.45, 7) is 1.52. The number of nitro groups is 1. The number of hydrogen-bond acceptors (Lipinski definition) is 4. The monoisotopic (exact) mass is 289 g/mol. The molecule has 0 aromatic heterocycles. The molecule has 1 saturated heterocycles. The molecule has 1 heterocycles. The molecule has 5 nitrogen and oxygen atoms in total. The molecule has 0 spiro atoms. The van der Waals surface area contributed by atoms with Crippen molar-refractivity contribution in [3.63, 3.8) is 0 Å². The van der Waals surface area contributed by atoms with E-state index in [1.54, 1.807) is 0 Å². The van der Waals surface area contributed by atoms with Gasteiger partial charge in [-0.3, -0.25) is 10.1 Å². The minimum absolute atomic E-state index is 0.0949. The standard InChI is InChI=1S/C11H13Cl2N3O2/c12-9-5-8(16(17)18)6-10(13)11(9)15-3-1-7(14)2-4-15/h5-7H,1-4,14H2. The molecule has 1 aromatic rings. The van der Waals surface area contributed by atoms with E-state index in [1.165, 1.54) is 12.1 Å². The van der Waals surface area contributed by atoms with Crippen molar-refractivity contribution in [2.24, 2.45) is 5.73 Å². The fourth-order valence-corrected chi connectivity index (χ4v) is 2.80. The van der Waals surface area contributed by atoms with Gasteiger partial charge in [0.05, 0.1) is 20.7 Å². The van der Waals surface area contributed by atoms with Crippen LogP contribution in [0.2, 0.25) is 10.0 Å². The van der Waals surface area contributed by atoms with Gasteiger partial charge in [-0.2, -0.15) is 0 Å². The fourth-order valence-electron chi connectivity index (χ4n) is 2.08. The normalized spacial score (nSPS) is 16.9. The molecule has 7 heteroatoms. The van der Waals surface area contributed by atoms with Crippen LogP contribution in [0.4, 0.5) is 11.4 Å².